The second-order valence-corrected chi connectivity index (χ2v) is 29.4. The molecular formula is C68H132O17P2. The van der Waals surface area contributed by atoms with Crippen LogP contribution in [0.3, 0.4) is 0 Å². The zero-order valence-corrected chi connectivity index (χ0v) is 58.4. The summed E-state index contributed by atoms with van der Waals surface area (Å²) in [6.07, 6.45) is 39.1. The summed E-state index contributed by atoms with van der Waals surface area (Å²) in [4.78, 5) is 72.4. The van der Waals surface area contributed by atoms with Gasteiger partial charge in [-0.25, -0.2) is 9.13 Å². The predicted molar refractivity (Wildman–Crippen MR) is 349 cm³/mol. The second-order valence-electron chi connectivity index (χ2n) is 26.5. The molecule has 0 saturated carbocycles. The molecule has 3 N–H and O–H groups in total. The fourth-order valence-corrected chi connectivity index (χ4v) is 11.7. The third-order valence-corrected chi connectivity index (χ3v) is 17.5. The minimum Gasteiger partial charge on any atom is -0.462 e. The van der Waals surface area contributed by atoms with Gasteiger partial charge in [0.15, 0.2) is 12.2 Å². The molecule has 0 aromatic rings. The van der Waals surface area contributed by atoms with E-state index in [0.29, 0.717) is 37.5 Å². The first-order chi connectivity index (χ1) is 41.6. The number of ether oxygens (including phenoxy) is 4. The van der Waals surface area contributed by atoms with Gasteiger partial charge in [0.1, 0.15) is 19.3 Å². The van der Waals surface area contributed by atoms with E-state index < -0.39 is 97.5 Å². The molecule has 0 amide bonds. The van der Waals surface area contributed by atoms with Crippen molar-refractivity contribution in [2.45, 2.75) is 350 Å². The van der Waals surface area contributed by atoms with Crippen LogP contribution < -0.4 is 0 Å². The first kappa shape index (κ1) is 85.1. The van der Waals surface area contributed by atoms with Crippen LogP contribution in [0.15, 0.2) is 0 Å². The molecule has 0 heterocycles. The molecule has 0 bridgehead atoms. The smallest absolute Gasteiger partial charge is 0.462 e. The molecule has 0 saturated heterocycles. The third-order valence-electron chi connectivity index (χ3n) is 15.6. The molecule has 19 heteroatoms. The lowest BCUT2D eigenvalue weighted by Crippen LogP contribution is -2.30. The normalized spacial score (nSPS) is 14.3. The van der Waals surface area contributed by atoms with Crippen molar-refractivity contribution in [3.05, 3.63) is 0 Å². The van der Waals surface area contributed by atoms with E-state index in [1.54, 1.807) is 0 Å². The molecular weight excluding hydrogens is 1150 g/mol. The van der Waals surface area contributed by atoms with Crippen LogP contribution in [0.5, 0.6) is 0 Å². The monoisotopic (exact) mass is 1280 g/mol. The molecule has 0 radical (unpaired) electrons. The van der Waals surface area contributed by atoms with Gasteiger partial charge >= 0.3 is 39.5 Å². The number of phosphoric ester groups is 2. The highest BCUT2D eigenvalue weighted by Gasteiger charge is 2.30. The van der Waals surface area contributed by atoms with Gasteiger partial charge in [0.2, 0.25) is 0 Å². The number of aliphatic hydroxyl groups excluding tert-OH is 1. The summed E-state index contributed by atoms with van der Waals surface area (Å²) < 4.78 is 68.2. The van der Waals surface area contributed by atoms with Gasteiger partial charge in [-0.1, -0.05) is 280 Å². The number of carbonyl (C=O) groups excluding carboxylic acids is 4. The van der Waals surface area contributed by atoms with Crippen molar-refractivity contribution in [2.24, 2.45) is 23.7 Å². The molecule has 0 aliphatic heterocycles. The third kappa shape index (κ3) is 62.6. The Kier molecular flexibility index (Phi) is 56.6. The molecule has 3 unspecified atom stereocenters. The average molecular weight is 1280 g/mol. The van der Waals surface area contributed by atoms with Crippen LogP contribution in [0.1, 0.15) is 331 Å². The first-order valence-electron chi connectivity index (χ1n) is 35.2. The lowest BCUT2D eigenvalue weighted by molar-refractivity contribution is -0.161. The van der Waals surface area contributed by atoms with Gasteiger partial charge in [-0.15, -0.1) is 0 Å². The van der Waals surface area contributed by atoms with E-state index in [9.17, 15) is 43.2 Å². The van der Waals surface area contributed by atoms with Crippen molar-refractivity contribution in [2.75, 3.05) is 39.6 Å². The standard InChI is InChI=1S/C68H132O17P2/c1-58(2)44-36-28-20-14-10-9-11-16-24-32-40-48-65(70)78-54-64(85-68(73)51-43-35-27-19-23-31-39-47-61(7)8)57-83-87(76,77)81-53-62(69)52-80-86(74,75)82-56-63(55-79-66(71)49-41-33-26-18-22-30-38-46-60(5)6)84-67(72)50-42-34-25-17-13-12-15-21-29-37-45-59(3)4/h58-64,69H,9-57H2,1-8H3,(H,74,75)(H,76,77)/t62?,63-,64-/m1/s1. The highest BCUT2D eigenvalue weighted by atomic mass is 31.2. The molecule has 0 spiro atoms. The summed E-state index contributed by atoms with van der Waals surface area (Å²) in [5.41, 5.74) is 0. The number of carbonyl (C=O) groups is 4. The predicted octanol–water partition coefficient (Wildman–Crippen LogP) is 18.9. The largest absolute Gasteiger partial charge is 0.472 e. The maximum atomic E-state index is 13.0. The maximum absolute atomic E-state index is 13.0. The zero-order valence-electron chi connectivity index (χ0n) is 56.6. The van der Waals surface area contributed by atoms with E-state index in [-0.39, 0.29) is 25.7 Å². The van der Waals surface area contributed by atoms with Crippen LogP contribution in [0.2, 0.25) is 0 Å². The van der Waals surface area contributed by atoms with Gasteiger partial charge in [0.25, 0.3) is 0 Å². The molecule has 0 aliphatic carbocycles. The summed E-state index contributed by atoms with van der Waals surface area (Å²) in [5.74, 6) is 0.789. The lowest BCUT2D eigenvalue weighted by Gasteiger charge is -2.21. The van der Waals surface area contributed by atoms with Crippen molar-refractivity contribution in [3.8, 4) is 0 Å². The van der Waals surface area contributed by atoms with E-state index >= 15 is 0 Å². The SMILES string of the molecule is CC(C)CCCCCCCCCCCCCC(=O)OC[C@H](COP(=O)(O)OCC(O)COP(=O)(O)OC[C@@H](COC(=O)CCCCCCCCCC(C)C)OC(=O)CCCCCCCCCCCCC(C)C)OC(=O)CCCCCCCCCC(C)C. The fraction of sp³-hybridized carbons (Fsp3) is 0.941. The van der Waals surface area contributed by atoms with Gasteiger partial charge in [0, 0.05) is 25.7 Å². The van der Waals surface area contributed by atoms with Crippen LogP contribution in [-0.2, 0) is 65.4 Å². The summed E-state index contributed by atoms with van der Waals surface area (Å²) in [7, 11) is -9.90. The molecule has 0 aromatic heterocycles. The lowest BCUT2D eigenvalue weighted by atomic mass is 10.0. The highest BCUT2D eigenvalue weighted by Crippen LogP contribution is 2.45. The van der Waals surface area contributed by atoms with Crippen LogP contribution in [0.25, 0.3) is 0 Å². The zero-order chi connectivity index (χ0) is 64.7. The highest BCUT2D eigenvalue weighted by molar-refractivity contribution is 7.47. The number of rotatable bonds is 65. The van der Waals surface area contributed by atoms with Gasteiger partial charge < -0.3 is 33.8 Å². The van der Waals surface area contributed by atoms with E-state index in [0.717, 1.165) is 108 Å². The van der Waals surface area contributed by atoms with E-state index in [2.05, 4.69) is 55.4 Å². The van der Waals surface area contributed by atoms with Crippen molar-refractivity contribution < 1.29 is 80.2 Å². The number of unbranched alkanes of at least 4 members (excludes halogenated alkanes) is 31. The van der Waals surface area contributed by atoms with E-state index in [1.165, 1.54) is 128 Å². The van der Waals surface area contributed by atoms with E-state index in [4.69, 9.17) is 37.0 Å². The second kappa shape index (κ2) is 57.9. The Balaban J connectivity index is 5.24. The van der Waals surface area contributed by atoms with Gasteiger partial charge in [-0.05, 0) is 49.4 Å². The molecule has 0 aliphatic rings. The van der Waals surface area contributed by atoms with Crippen LogP contribution in [0, 0.1) is 23.7 Å². The topological polar surface area (TPSA) is 237 Å². The quantitative estimate of drug-likeness (QED) is 0.0222. The van der Waals surface area contributed by atoms with Gasteiger partial charge in [0.05, 0.1) is 26.4 Å². The van der Waals surface area contributed by atoms with Crippen molar-refractivity contribution in [3.63, 3.8) is 0 Å². The van der Waals surface area contributed by atoms with Crippen LogP contribution in [0.4, 0.5) is 0 Å². The molecule has 516 valence electrons. The van der Waals surface area contributed by atoms with Crippen LogP contribution in [-0.4, -0.2) is 96.7 Å². The molecule has 0 rings (SSSR count). The Labute approximate surface area is 530 Å². The minimum atomic E-state index is -4.95. The summed E-state index contributed by atoms with van der Waals surface area (Å²) >= 11 is 0. The van der Waals surface area contributed by atoms with Crippen molar-refractivity contribution in [1.29, 1.82) is 0 Å². The fourth-order valence-electron chi connectivity index (χ4n) is 10.1. The number of esters is 4. The van der Waals surface area contributed by atoms with Crippen molar-refractivity contribution >= 4 is 39.5 Å². The number of hydrogen-bond acceptors (Lipinski definition) is 15. The number of hydrogen-bond donors (Lipinski definition) is 3. The molecule has 17 nitrogen and oxygen atoms in total. The Morgan fingerprint density at radius 2 is 0.483 bits per heavy atom. The summed E-state index contributed by atoms with van der Waals surface area (Å²) in [6.45, 7) is 14.0. The Bertz CT molecular complexity index is 1730. The van der Waals surface area contributed by atoms with Gasteiger partial charge in [-0.2, -0.15) is 0 Å². The number of phosphoric acid groups is 2. The Hall–Kier alpha value is -1.94. The van der Waals surface area contributed by atoms with Gasteiger partial charge in [-0.3, -0.25) is 37.3 Å². The summed E-state index contributed by atoms with van der Waals surface area (Å²) in [5, 5.41) is 10.6. The minimum absolute atomic E-state index is 0.103. The Morgan fingerprint density at radius 1 is 0.287 bits per heavy atom. The molecule has 0 aromatic carbocycles. The first-order valence-corrected chi connectivity index (χ1v) is 38.2. The molecule has 0 fully saturated rings. The maximum Gasteiger partial charge on any atom is 0.472 e. The average Bonchev–Trinajstić information content (AvgIpc) is 3.68. The van der Waals surface area contributed by atoms with E-state index in [1.807, 2.05) is 0 Å². The summed E-state index contributed by atoms with van der Waals surface area (Å²) in [6, 6.07) is 0. The van der Waals surface area contributed by atoms with Crippen LogP contribution >= 0.6 is 15.6 Å². The Morgan fingerprint density at radius 3 is 0.713 bits per heavy atom. The number of aliphatic hydroxyl groups is 1. The molecule has 87 heavy (non-hydrogen) atoms. The van der Waals surface area contributed by atoms with Crippen molar-refractivity contribution in [1.82, 2.24) is 0 Å². The molecule has 5 atom stereocenters.